The third kappa shape index (κ3) is 2.70. The molecule has 0 radical (unpaired) electrons. The van der Waals surface area contributed by atoms with Crippen molar-refractivity contribution in [3.05, 3.63) is 28.8 Å². The van der Waals surface area contributed by atoms with Gasteiger partial charge in [0, 0.05) is 31.2 Å². The lowest BCUT2D eigenvalue weighted by atomic mass is 10.1. The van der Waals surface area contributed by atoms with Gasteiger partial charge in [-0.1, -0.05) is 11.6 Å². The highest BCUT2D eigenvalue weighted by molar-refractivity contribution is 6.31. The molecule has 0 aromatic heterocycles. The van der Waals surface area contributed by atoms with Gasteiger partial charge in [0.2, 0.25) is 0 Å². The SMILES string of the molecule is CN1CCN(c2ccc(Cl)cc2C(=O)O)CC1. The smallest absolute Gasteiger partial charge is 0.337 e. The second-order valence-corrected chi connectivity index (χ2v) is 4.69. The van der Waals surface area contributed by atoms with Crippen LogP contribution in [0.1, 0.15) is 10.4 Å². The van der Waals surface area contributed by atoms with Crippen LogP contribution >= 0.6 is 11.6 Å². The van der Waals surface area contributed by atoms with Crippen LogP contribution in [-0.2, 0) is 0 Å². The summed E-state index contributed by atoms with van der Waals surface area (Å²) in [7, 11) is 2.07. The van der Waals surface area contributed by atoms with Crippen molar-refractivity contribution in [1.29, 1.82) is 0 Å². The molecule has 1 N–H and O–H groups in total. The van der Waals surface area contributed by atoms with Crippen LogP contribution in [0.3, 0.4) is 0 Å². The van der Waals surface area contributed by atoms with Crippen molar-refractivity contribution in [2.24, 2.45) is 0 Å². The van der Waals surface area contributed by atoms with E-state index in [0.29, 0.717) is 5.02 Å². The van der Waals surface area contributed by atoms with Crippen molar-refractivity contribution < 1.29 is 9.90 Å². The van der Waals surface area contributed by atoms with Crippen LogP contribution in [0.5, 0.6) is 0 Å². The zero-order valence-corrected chi connectivity index (χ0v) is 10.4. The van der Waals surface area contributed by atoms with E-state index in [9.17, 15) is 9.90 Å². The average molecular weight is 255 g/mol. The molecule has 1 aromatic rings. The topological polar surface area (TPSA) is 43.8 Å². The Morgan fingerprint density at radius 3 is 2.53 bits per heavy atom. The standard InChI is InChI=1S/C12H15ClN2O2/c1-14-4-6-15(7-5-14)11-3-2-9(13)8-10(11)12(16)17/h2-3,8H,4-7H2,1H3,(H,16,17). The first kappa shape index (κ1) is 12.2. The van der Waals surface area contributed by atoms with Crippen molar-refractivity contribution in [3.63, 3.8) is 0 Å². The molecule has 0 atom stereocenters. The summed E-state index contributed by atoms with van der Waals surface area (Å²) in [5.74, 6) is -0.929. The molecule has 17 heavy (non-hydrogen) atoms. The van der Waals surface area contributed by atoms with E-state index in [1.54, 1.807) is 12.1 Å². The molecule has 2 rings (SSSR count). The van der Waals surface area contributed by atoms with Crippen LogP contribution in [0, 0.1) is 0 Å². The number of halogens is 1. The third-order valence-electron chi connectivity index (χ3n) is 3.03. The van der Waals surface area contributed by atoms with E-state index in [4.69, 9.17) is 11.6 Å². The molecule has 1 fully saturated rings. The lowest BCUT2D eigenvalue weighted by molar-refractivity contribution is 0.0697. The van der Waals surface area contributed by atoms with Crippen LogP contribution in [0.15, 0.2) is 18.2 Å². The maximum absolute atomic E-state index is 11.2. The molecular weight excluding hydrogens is 240 g/mol. The Balaban J connectivity index is 2.28. The molecule has 1 saturated heterocycles. The Labute approximate surface area is 105 Å². The predicted molar refractivity (Wildman–Crippen MR) is 68.1 cm³/mol. The largest absolute Gasteiger partial charge is 0.478 e. The monoisotopic (exact) mass is 254 g/mol. The van der Waals surface area contributed by atoms with E-state index in [2.05, 4.69) is 16.8 Å². The number of anilines is 1. The van der Waals surface area contributed by atoms with Crippen molar-refractivity contribution in [2.75, 3.05) is 38.1 Å². The van der Waals surface area contributed by atoms with E-state index < -0.39 is 5.97 Å². The maximum Gasteiger partial charge on any atom is 0.337 e. The van der Waals surface area contributed by atoms with Gasteiger partial charge >= 0.3 is 5.97 Å². The summed E-state index contributed by atoms with van der Waals surface area (Å²) in [6.07, 6.45) is 0. The number of likely N-dealkylation sites (N-methyl/N-ethyl adjacent to an activating group) is 1. The second-order valence-electron chi connectivity index (χ2n) is 4.26. The van der Waals surface area contributed by atoms with Crippen LogP contribution in [0.4, 0.5) is 5.69 Å². The Hall–Kier alpha value is -1.26. The van der Waals surface area contributed by atoms with Gasteiger partial charge < -0.3 is 14.9 Å². The van der Waals surface area contributed by atoms with Crippen molar-refractivity contribution in [2.45, 2.75) is 0 Å². The van der Waals surface area contributed by atoms with Gasteiger partial charge in [0.1, 0.15) is 0 Å². The molecule has 1 aliphatic heterocycles. The van der Waals surface area contributed by atoms with Crippen LogP contribution in [-0.4, -0.2) is 49.2 Å². The average Bonchev–Trinajstić information content (AvgIpc) is 2.30. The van der Waals surface area contributed by atoms with E-state index in [1.165, 1.54) is 6.07 Å². The fraction of sp³-hybridized carbons (Fsp3) is 0.417. The number of benzene rings is 1. The van der Waals surface area contributed by atoms with Crippen molar-refractivity contribution in [3.8, 4) is 0 Å². The van der Waals surface area contributed by atoms with Gasteiger partial charge in [-0.2, -0.15) is 0 Å². The highest BCUT2D eigenvalue weighted by Crippen LogP contribution is 2.25. The second kappa shape index (κ2) is 4.94. The minimum absolute atomic E-state index is 0.280. The molecule has 5 heteroatoms. The van der Waals surface area contributed by atoms with E-state index in [0.717, 1.165) is 31.9 Å². The lowest BCUT2D eigenvalue weighted by Crippen LogP contribution is -2.45. The van der Waals surface area contributed by atoms with Gasteiger partial charge in [0.15, 0.2) is 0 Å². The summed E-state index contributed by atoms with van der Waals surface area (Å²) in [5.41, 5.74) is 1.04. The highest BCUT2D eigenvalue weighted by atomic mass is 35.5. The molecule has 0 amide bonds. The molecule has 0 unspecified atom stereocenters. The van der Waals surface area contributed by atoms with Gasteiger partial charge in [0.25, 0.3) is 0 Å². The van der Waals surface area contributed by atoms with Gasteiger partial charge in [-0.05, 0) is 25.2 Å². The zero-order chi connectivity index (χ0) is 12.4. The normalized spacial score (nSPS) is 17.2. The minimum atomic E-state index is -0.929. The van der Waals surface area contributed by atoms with E-state index >= 15 is 0 Å². The van der Waals surface area contributed by atoms with Crippen LogP contribution in [0.2, 0.25) is 5.02 Å². The quantitative estimate of drug-likeness (QED) is 0.874. The fourth-order valence-electron chi connectivity index (χ4n) is 2.00. The van der Waals surface area contributed by atoms with Crippen LogP contribution in [0.25, 0.3) is 0 Å². The van der Waals surface area contributed by atoms with Crippen LogP contribution < -0.4 is 4.90 Å². The van der Waals surface area contributed by atoms with Crippen molar-refractivity contribution in [1.82, 2.24) is 4.90 Å². The molecular formula is C12H15ClN2O2. The fourth-order valence-corrected chi connectivity index (χ4v) is 2.17. The predicted octanol–water partition coefficient (Wildman–Crippen LogP) is 1.79. The molecule has 1 aliphatic rings. The van der Waals surface area contributed by atoms with Gasteiger partial charge in [-0.3, -0.25) is 0 Å². The number of hydrogen-bond donors (Lipinski definition) is 1. The molecule has 1 heterocycles. The first-order chi connectivity index (χ1) is 8.08. The first-order valence-electron chi connectivity index (χ1n) is 5.54. The van der Waals surface area contributed by atoms with Gasteiger partial charge in [0.05, 0.1) is 11.3 Å². The summed E-state index contributed by atoms with van der Waals surface area (Å²) >= 11 is 5.83. The molecule has 1 aromatic carbocycles. The molecule has 0 bridgehead atoms. The number of carboxylic acids is 1. The number of carbonyl (C=O) groups is 1. The highest BCUT2D eigenvalue weighted by Gasteiger charge is 2.19. The Kier molecular flexibility index (Phi) is 3.54. The lowest BCUT2D eigenvalue weighted by Gasteiger charge is -2.34. The number of piperazine rings is 1. The molecule has 4 nitrogen and oxygen atoms in total. The van der Waals surface area contributed by atoms with Crippen molar-refractivity contribution >= 4 is 23.3 Å². The summed E-state index contributed by atoms with van der Waals surface area (Å²) in [6, 6.07) is 5.04. The summed E-state index contributed by atoms with van der Waals surface area (Å²) in [4.78, 5) is 15.5. The summed E-state index contributed by atoms with van der Waals surface area (Å²) in [6.45, 7) is 3.58. The Morgan fingerprint density at radius 1 is 1.29 bits per heavy atom. The Bertz CT molecular complexity index is 429. The van der Waals surface area contributed by atoms with E-state index in [1.807, 2.05) is 0 Å². The summed E-state index contributed by atoms with van der Waals surface area (Å²) in [5, 5.41) is 9.64. The number of hydrogen-bond acceptors (Lipinski definition) is 3. The number of carboxylic acid groups (broad SMARTS) is 1. The summed E-state index contributed by atoms with van der Waals surface area (Å²) < 4.78 is 0. The zero-order valence-electron chi connectivity index (χ0n) is 9.69. The molecule has 0 saturated carbocycles. The first-order valence-corrected chi connectivity index (χ1v) is 5.92. The number of aromatic carboxylic acids is 1. The van der Waals surface area contributed by atoms with Gasteiger partial charge in [-0.15, -0.1) is 0 Å². The van der Waals surface area contributed by atoms with Gasteiger partial charge in [-0.25, -0.2) is 4.79 Å². The molecule has 0 spiro atoms. The van der Waals surface area contributed by atoms with E-state index in [-0.39, 0.29) is 5.56 Å². The Morgan fingerprint density at radius 2 is 1.94 bits per heavy atom. The minimum Gasteiger partial charge on any atom is -0.478 e. The molecule has 92 valence electrons. The third-order valence-corrected chi connectivity index (χ3v) is 3.27. The maximum atomic E-state index is 11.2. The number of nitrogens with zero attached hydrogens (tertiary/aromatic N) is 2. The number of rotatable bonds is 2. The molecule has 0 aliphatic carbocycles.